The first-order chi connectivity index (χ1) is 14.5. The molecule has 4 N–H and O–H groups in total. The molecule has 4 rings (SSSR count). The van der Waals surface area contributed by atoms with E-state index in [9.17, 15) is 14.4 Å². The maximum atomic E-state index is 12.4. The van der Waals surface area contributed by atoms with Gasteiger partial charge in [0.1, 0.15) is 5.75 Å². The molecule has 2 heterocycles. The van der Waals surface area contributed by atoms with Gasteiger partial charge >= 0.3 is 6.03 Å². The van der Waals surface area contributed by atoms with E-state index in [4.69, 9.17) is 4.74 Å². The van der Waals surface area contributed by atoms with Crippen LogP contribution in [0.4, 0.5) is 16.2 Å². The molecule has 30 heavy (non-hydrogen) atoms. The molecule has 0 spiro atoms. The number of H-pyrrole nitrogens is 1. The van der Waals surface area contributed by atoms with Crippen molar-refractivity contribution in [3.8, 4) is 5.75 Å². The number of hydrogen-bond acceptors (Lipinski definition) is 4. The maximum Gasteiger partial charge on any atom is 0.326 e. The van der Waals surface area contributed by atoms with Gasteiger partial charge in [0.2, 0.25) is 0 Å². The molecule has 1 aliphatic rings. The van der Waals surface area contributed by atoms with Crippen molar-refractivity contribution in [3.63, 3.8) is 0 Å². The van der Waals surface area contributed by atoms with E-state index in [1.807, 2.05) is 12.1 Å². The molecule has 0 bridgehead atoms. The molecule has 8 nitrogen and oxygen atoms in total. The van der Waals surface area contributed by atoms with E-state index in [0.29, 0.717) is 33.8 Å². The molecule has 0 unspecified atom stereocenters. The number of carbonyl (C=O) groups excluding carboxylic acids is 3. The summed E-state index contributed by atoms with van der Waals surface area (Å²) in [4.78, 5) is 40.1. The van der Waals surface area contributed by atoms with E-state index in [1.165, 1.54) is 7.11 Å². The third-order valence-corrected chi connectivity index (χ3v) is 4.59. The molecule has 0 fully saturated rings. The summed E-state index contributed by atoms with van der Waals surface area (Å²) < 4.78 is 5.05. The minimum absolute atomic E-state index is 0.274. The van der Waals surface area contributed by atoms with Crippen molar-refractivity contribution < 1.29 is 19.1 Å². The van der Waals surface area contributed by atoms with Gasteiger partial charge in [0.25, 0.3) is 11.8 Å². The van der Waals surface area contributed by atoms with Crippen molar-refractivity contribution in [1.82, 2.24) is 10.3 Å². The van der Waals surface area contributed by atoms with Crippen LogP contribution in [0.1, 0.15) is 21.6 Å². The van der Waals surface area contributed by atoms with Gasteiger partial charge in [0, 0.05) is 23.0 Å². The van der Waals surface area contributed by atoms with E-state index in [0.717, 1.165) is 5.69 Å². The average molecular weight is 402 g/mol. The van der Waals surface area contributed by atoms with Crippen LogP contribution in [0.3, 0.4) is 0 Å². The summed E-state index contributed by atoms with van der Waals surface area (Å²) in [5, 5.41) is 7.66. The number of fused-ring (bicyclic) bond motifs is 1. The lowest BCUT2D eigenvalue weighted by Gasteiger charge is -2.10. The largest absolute Gasteiger partial charge is 0.497 e. The summed E-state index contributed by atoms with van der Waals surface area (Å²) in [5.74, 6) is -0.225. The molecule has 3 aromatic rings. The number of aromatic amines is 1. The number of ether oxygens (including phenoxy) is 1. The highest BCUT2D eigenvalue weighted by Crippen LogP contribution is 2.38. The zero-order valence-electron chi connectivity index (χ0n) is 16.0. The number of carbonyl (C=O) groups is 3. The number of hydrogen-bond donors (Lipinski definition) is 4. The van der Waals surface area contributed by atoms with Crippen LogP contribution in [0.5, 0.6) is 5.75 Å². The van der Waals surface area contributed by atoms with Crippen LogP contribution >= 0.6 is 0 Å². The van der Waals surface area contributed by atoms with E-state index in [-0.39, 0.29) is 5.91 Å². The lowest BCUT2D eigenvalue weighted by Crippen LogP contribution is -2.34. The van der Waals surface area contributed by atoms with Crippen molar-refractivity contribution in [2.75, 3.05) is 17.7 Å². The van der Waals surface area contributed by atoms with Gasteiger partial charge in [-0.3, -0.25) is 14.9 Å². The Balaban J connectivity index is 1.50. The van der Waals surface area contributed by atoms with E-state index >= 15 is 0 Å². The Hall–Kier alpha value is -4.33. The highest BCUT2D eigenvalue weighted by atomic mass is 16.5. The molecule has 0 radical (unpaired) electrons. The number of urea groups is 1. The fraction of sp³-hybridized carbons (Fsp3) is 0.0455. The Morgan fingerprint density at radius 1 is 1.03 bits per heavy atom. The molecule has 150 valence electrons. The average Bonchev–Trinajstić information content (AvgIpc) is 3.37. The molecule has 4 amide bonds. The molecule has 8 heteroatoms. The first-order valence-electron chi connectivity index (χ1n) is 9.11. The fourth-order valence-electron chi connectivity index (χ4n) is 3.12. The van der Waals surface area contributed by atoms with Gasteiger partial charge in [0.05, 0.1) is 24.1 Å². The smallest absolute Gasteiger partial charge is 0.326 e. The highest BCUT2D eigenvalue weighted by molar-refractivity contribution is 6.36. The predicted octanol–water partition coefficient (Wildman–Crippen LogP) is 3.48. The number of imide groups is 1. The van der Waals surface area contributed by atoms with Crippen LogP contribution in [0.2, 0.25) is 0 Å². The van der Waals surface area contributed by atoms with Crippen molar-refractivity contribution in [2.24, 2.45) is 0 Å². The van der Waals surface area contributed by atoms with Crippen LogP contribution in [-0.4, -0.2) is 29.9 Å². The molecule has 0 saturated heterocycles. The topological polar surface area (TPSA) is 112 Å². The molecule has 1 aliphatic heterocycles. The minimum Gasteiger partial charge on any atom is -0.497 e. The summed E-state index contributed by atoms with van der Waals surface area (Å²) in [7, 11) is 1.53. The third kappa shape index (κ3) is 3.79. The standard InChI is InChI=1S/C22H18N4O4/c1-30-15-9-7-13(8-10-15)20(27)26-22(29)24-18-6-2-5-16-17(21(28)25-19(16)18)12-14-4-3-11-23-14/h2-12,23H,1H3,(H,25,28)(H2,24,26,27,29)/b17-12-. The second-order valence-electron chi connectivity index (χ2n) is 6.50. The van der Waals surface area contributed by atoms with E-state index in [1.54, 1.807) is 54.7 Å². The normalized spacial score (nSPS) is 13.5. The Labute approximate surface area is 171 Å². The Bertz CT molecular complexity index is 1150. The molecule has 0 atom stereocenters. The molecule has 1 aromatic heterocycles. The number of rotatable bonds is 4. The van der Waals surface area contributed by atoms with Crippen LogP contribution in [0.15, 0.2) is 60.8 Å². The molecular formula is C22H18N4O4. The maximum absolute atomic E-state index is 12.4. The van der Waals surface area contributed by atoms with Crippen molar-refractivity contribution >= 4 is 40.9 Å². The third-order valence-electron chi connectivity index (χ3n) is 4.59. The number of para-hydroxylation sites is 1. The minimum atomic E-state index is -0.708. The van der Waals surface area contributed by atoms with Gasteiger partial charge < -0.3 is 20.4 Å². The second-order valence-corrected chi connectivity index (χ2v) is 6.50. The summed E-state index contributed by atoms with van der Waals surface area (Å²) in [6, 6.07) is 14.5. The number of benzene rings is 2. The van der Waals surface area contributed by atoms with Crippen molar-refractivity contribution in [3.05, 3.63) is 77.6 Å². The number of aromatic nitrogens is 1. The predicted molar refractivity (Wildman–Crippen MR) is 113 cm³/mol. The lowest BCUT2D eigenvalue weighted by atomic mass is 10.1. The Kier molecular flexibility index (Phi) is 5.04. The molecular weight excluding hydrogens is 384 g/mol. The highest BCUT2D eigenvalue weighted by Gasteiger charge is 2.27. The van der Waals surface area contributed by atoms with Crippen LogP contribution in [0, 0.1) is 0 Å². The molecule has 0 aliphatic carbocycles. The molecule has 2 aromatic carbocycles. The van der Waals surface area contributed by atoms with Gasteiger partial charge in [-0.15, -0.1) is 0 Å². The van der Waals surface area contributed by atoms with E-state index in [2.05, 4.69) is 20.9 Å². The first-order valence-corrected chi connectivity index (χ1v) is 9.11. The summed E-state index contributed by atoms with van der Waals surface area (Å²) in [5.41, 5.74) is 3.10. The zero-order valence-corrected chi connectivity index (χ0v) is 16.0. The summed E-state index contributed by atoms with van der Waals surface area (Å²) >= 11 is 0. The number of amides is 4. The summed E-state index contributed by atoms with van der Waals surface area (Å²) in [6.07, 6.45) is 3.50. The molecule has 0 saturated carbocycles. The lowest BCUT2D eigenvalue weighted by molar-refractivity contribution is -0.110. The van der Waals surface area contributed by atoms with Gasteiger partial charge in [-0.2, -0.15) is 0 Å². The summed E-state index contributed by atoms with van der Waals surface area (Å²) in [6.45, 7) is 0. The van der Waals surface area contributed by atoms with Crippen LogP contribution in [-0.2, 0) is 4.79 Å². The van der Waals surface area contributed by atoms with Crippen molar-refractivity contribution in [2.45, 2.75) is 0 Å². The fourth-order valence-corrected chi connectivity index (χ4v) is 3.12. The van der Waals surface area contributed by atoms with Crippen LogP contribution < -0.4 is 20.7 Å². The monoisotopic (exact) mass is 402 g/mol. The first kappa shape index (κ1) is 19.0. The zero-order chi connectivity index (χ0) is 21.1. The van der Waals surface area contributed by atoms with Gasteiger partial charge in [-0.25, -0.2) is 4.79 Å². The van der Waals surface area contributed by atoms with Gasteiger partial charge in [0.15, 0.2) is 0 Å². The Morgan fingerprint density at radius 2 is 1.83 bits per heavy atom. The van der Waals surface area contributed by atoms with E-state index < -0.39 is 11.9 Å². The van der Waals surface area contributed by atoms with Crippen molar-refractivity contribution in [1.29, 1.82) is 0 Å². The number of nitrogens with one attached hydrogen (secondary N) is 4. The number of methoxy groups -OCH3 is 1. The van der Waals surface area contributed by atoms with Gasteiger partial charge in [-0.1, -0.05) is 12.1 Å². The second kappa shape index (κ2) is 7.96. The number of anilines is 2. The quantitative estimate of drug-likeness (QED) is 0.501. The SMILES string of the molecule is COc1ccc(C(=O)NC(=O)Nc2cccc3c2NC(=O)/C3=C\c2ccc[nH]2)cc1. The van der Waals surface area contributed by atoms with Gasteiger partial charge in [-0.05, 0) is 48.5 Å². The van der Waals surface area contributed by atoms with Crippen LogP contribution in [0.25, 0.3) is 11.6 Å². The Morgan fingerprint density at radius 3 is 2.53 bits per heavy atom.